The van der Waals surface area contributed by atoms with Gasteiger partial charge in [-0.1, -0.05) is 25.1 Å². The molecule has 0 aliphatic carbocycles. The first-order valence-electron chi connectivity index (χ1n) is 7.34. The fourth-order valence-electron chi connectivity index (χ4n) is 1.92. The van der Waals surface area contributed by atoms with E-state index in [9.17, 15) is 14.4 Å². The zero-order chi connectivity index (χ0) is 16.8. The predicted octanol–water partition coefficient (Wildman–Crippen LogP) is 1.95. The van der Waals surface area contributed by atoms with Crippen molar-refractivity contribution in [3.63, 3.8) is 0 Å². The molecule has 0 aliphatic heterocycles. The fraction of sp³-hybridized carbons (Fsp3) is 0.312. The molecule has 1 aromatic heterocycles. The van der Waals surface area contributed by atoms with Crippen molar-refractivity contribution in [1.82, 2.24) is 15.6 Å². The number of amides is 3. The Balaban J connectivity index is 1.84. The molecule has 0 aliphatic rings. The SMILES string of the molecule is CC[C@H](C)NC(=O)NC(=O)COC(=O)c1cc2ccccc2[nH]1. The Labute approximate surface area is 133 Å². The largest absolute Gasteiger partial charge is 0.451 e. The molecular formula is C16H19N3O4. The number of ether oxygens (including phenoxy) is 1. The summed E-state index contributed by atoms with van der Waals surface area (Å²) in [4.78, 5) is 37.8. The summed E-state index contributed by atoms with van der Waals surface area (Å²) >= 11 is 0. The van der Waals surface area contributed by atoms with Crippen LogP contribution >= 0.6 is 0 Å². The van der Waals surface area contributed by atoms with Gasteiger partial charge < -0.3 is 15.0 Å². The number of benzene rings is 1. The van der Waals surface area contributed by atoms with Crippen LogP contribution in [0.25, 0.3) is 10.9 Å². The number of aromatic nitrogens is 1. The predicted molar refractivity (Wildman–Crippen MR) is 85.0 cm³/mol. The van der Waals surface area contributed by atoms with Crippen LogP contribution in [0.5, 0.6) is 0 Å². The van der Waals surface area contributed by atoms with Gasteiger partial charge in [0.2, 0.25) is 0 Å². The van der Waals surface area contributed by atoms with Crippen molar-refractivity contribution in [2.75, 3.05) is 6.61 Å². The van der Waals surface area contributed by atoms with Gasteiger partial charge in [-0.3, -0.25) is 10.1 Å². The highest BCUT2D eigenvalue weighted by molar-refractivity contribution is 5.98. The van der Waals surface area contributed by atoms with E-state index in [0.29, 0.717) is 0 Å². The molecule has 0 spiro atoms. The molecule has 122 valence electrons. The van der Waals surface area contributed by atoms with E-state index in [1.165, 1.54) is 0 Å². The van der Waals surface area contributed by atoms with Crippen LogP contribution < -0.4 is 10.6 Å². The molecule has 0 saturated heterocycles. The minimum absolute atomic E-state index is 0.0447. The smallest absolute Gasteiger partial charge is 0.355 e. The van der Waals surface area contributed by atoms with E-state index < -0.39 is 24.5 Å². The molecule has 0 saturated carbocycles. The molecule has 2 aromatic rings. The van der Waals surface area contributed by atoms with Crippen molar-refractivity contribution in [3.8, 4) is 0 Å². The van der Waals surface area contributed by atoms with Crippen LogP contribution in [0.1, 0.15) is 30.8 Å². The number of carbonyl (C=O) groups is 3. The lowest BCUT2D eigenvalue weighted by molar-refractivity contribution is -0.123. The lowest BCUT2D eigenvalue weighted by Crippen LogP contribution is -2.44. The first-order chi connectivity index (χ1) is 11.0. The monoisotopic (exact) mass is 317 g/mol. The Morgan fingerprint density at radius 1 is 1.26 bits per heavy atom. The third kappa shape index (κ3) is 4.57. The lowest BCUT2D eigenvalue weighted by atomic mass is 10.2. The molecular weight excluding hydrogens is 298 g/mol. The van der Waals surface area contributed by atoms with Crippen molar-refractivity contribution in [2.45, 2.75) is 26.3 Å². The van der Waals surface area contributed by atoms with E-state index in [4.69, 9.17) is 4.74 Å². The summed E-state index contributed by atoms with van der Waals surface area (Å²) in [6.07, 6.45) is 0.747. The zero-order valence-electron chi connectivity index (χ0n) is 13.0. The second-order valence-corrected chi connectivity index (χ2v) is 5.18. The van der Waals surface area contributed by atoms with Gasteiger partial charge in [-0.2, -0.15) is 0 Å². The standard InChI is InChI=1S/C16H19N3O4/c1-3-10(2)17-16(22)19-14(20)9-23-15(21)13-8-11-6-4-5-7-12(11)18-13/h4-8,10,18H,3,9H2,1-2H3,(H2,17,19,20,22)/t10-/m0/s1. The van der Waals surface area contributed by atoms with Gasteiger partial charge in [0.1, 0.15) is 5.69 Å². The highest BCUT2D eigenvalue weighted by atomic mass is 16.5. The highest BCUT2D eigenvalue weighted by Gasteiger charge is 2.15. The van der Waals surface area contributed by atoms with Gasteiger partial charge in [0.15, 0.2) is 6.61 Å². The van der Waals surface area contributed by atoms with Gasteiger partial charge in [0.25, 0.3) is 5.91 Å². The second kappa shape index (κ2) is 7.44. The molecule has 3 amide bonds. The van der Waals surface area contributed by atoms with E-state index in [2.05, 4.69) is 15.6 Å². The van der Waals surface area contributed by atoms with Crippen molar-refractivity contribution < 1.29 is 19.1 Å². The Morgan fingerprint density at radius 3 is 2.70 bits per heavy atom. The van der Waals surface area contributed by atoms with E-state index in [0.717, 1.165) is 17.3 Å². The number of nitrogens with one attached hydrogen (secondary N) is 3. The van der Waals surface area contributed by atoms with Crippen molar-refractivity contribution in [2.24, 2.45) is 0 Å². The maximum absolute atomic E-state index is 11.9. The summed E-state index contributed by atoms with van der Waals surface area (Å²) in [6, 6.07) is 8.38. The number of fused-ring (bicyclic) bond motifs is 1. The quantitative estimate of drug-likeness (QED) is 0.734. The maximum Gasteiger partial charge on any atom is 0.355 e. The summed E-state index contributed by atoms with van der Waals surface area (Å²) in [5.74, 6) is -1.34. The van der Waals surface area contributed by atoms with E-state index in [1.807, 2.05) is 38.1 Å². The molecule has 23 heavy (non-hydrogen) atoms. The minimum atomic E-state index is -0.685. The van der Waals surface area contributed by atoms with Crippen LogP contribution in [0.15, 0.2) is 30.3 Å². The van der Waals surface area contributed by atoms with Crippen LogP contribution in [0.4, 0.5) is 4.79 Å². The third-order valence-electron chi connectivity index (χ3n) is 3.33. The Morgan fingerprint density at radius 2 is 2.00 bits per heavy atom. The first-order valence-corrected chi connectivity index (χ1v) is 7.34. The molecule has 0 unspecified atom stereocenters. The molecule has 1 aromatic carbocycles. The average Bonchev–Trinajstić information content (AvgIpc) is 2.96. The van der Waals surface area contributed by atoms with Gasteiger partial charge in [-0.15, -0.1) is 0 Å². The number of aromatic amines is 1. The van der Waals surface area contributed by atoms with Gasteiger partial charge in [0, 0.05) is 16.9 Å². The number of para-hydroxylation sites is 1. The Hall–Kier alpha value is -2.83. The number of hydrogen-bond acceptors (Lipinski definition) is 4. The summed E-state index contributed by atoms with van der Waals surface area (Å²) in [5, 5.41) is 5.55. The van der Waals surface area contributed by atoms with Crippen LogP contribution in [0.2, 0.25) is 0 Å². The average molecular weight is 317 g/mol. The fourth-order valence-corrected chi connectivity index (χ4v) is 1.92. The van der Waals surface area contributed by atoms with Crippen LogP contribution in [-0.4, -0.2) is 35.5 Å². The summed E-state index contributed by atoms with van der Waals surface area (Å²) in [7, 11) is 0. The third-order valence-corrected chi connectivity index (χ3v) is 3.33. The zero-order valence-corrected chi connectivity index (χ0v) is 13.0. The maximum atomic E-state index is 11.9. The van der Waals surface area contributed by atoms with Gasteiger partial charge >= 0.3 is 12.0 Å². The van der Waals surface area contributed by atoms with Crippen LogP contribution in [-0.2, 0) is 9.53 Å². The van der Waals surface area contributed by atoms with E-state index >= 15 is 0 Å². The Bertz CT molecular complexity index is 690. The van der Waals surface area contributed by atoms with Crippen LogP contribution in [0, 0.1) is 0 Å². The first kappa shape index (κ1) is 16.5. The second-order valence-electron chi connectivity index (χ2n) is 5.18. The summed E-state index contributed by atoms with van der Waals surface area (Å²) in [6.45, 7) is 3.21. The molecule has 0 bridgehead atoms. The molecule has 7 nitrogen and oxygen atoms in total. The highest BCUT2D eigenvalue weighted by Crippen LogP contribution is 2.15. The summed E-state index contributed by atoms with van der Waals surface area (Å²) in [5.41, 5.74) is 1.06. The van der Waals surface area contributed by atoms with Crippen molar-refractivity contribution >= 4 is 28.8 Å². The number of hydrogen-bond donors (Lipinski definition) is 3. The molecule has 1 atom stereocenters. The van der Waals surface area contributed by atoms with E-state index in [1.54, 1.807) is 6.07 Å². The van der Waals surface area contributed by atoms with Gasteiger partial charge in [-0.05, 0) is 25.5 Å². The Kier molecular flexibility index (Phi) is 5.35. The topological polar surface area (TPSA) is 100 Å². The van der Waals surface area contributed by atoms with Crippen LogP contribution in [0.3, 0.4) is 0 Å². The number of urea groups is 1. The van der Waals surface area contributed by atoms with Crippen molar-refractivity contribution in [1.29, 1.82) is 0 Å². The molecule has 3 N–H and O–H groups in total. The normalized spacial score (nSPS) is 11.7. The minimum Gasteiger partial charge on any atom is -0.451 e. The number of rotatable bonds is 5. The molecule has 1 heterocycles. The lowest BCUT2D eigenvalue weighted by Gasteiger charge is -2.11. The molecule has 2 rings (SSSR count). The van der Waals surface area contributed by atoms with Gasteiger partial charge in [-0.25, -0.2) is 9.59 Å². The molecule has 7 heteroatoms. The molecule has 0 radical (unpaired) electrons. The number of imide groups is 1. The number of carbonyl (C=O) groups excluding carboxylic acids is 3. The van der Waals surface area contributed by atoms with Crippen molar-refractivity contribution in [3.05, 3.63) is 36.0 Å². The summed E-state index contributed by atoms with van der Waals surface area (Å²) < 4.78 is 4.89. The molecule has 0 fully saturated rings. The number of esters is 1. The van der Waals surface area contributed by atoms with E-state index in [-0.39, 0.29) is 11.7 Å². The number of H-pyrrole nitrogens is 1. The van der Waals surface area contributed by atoms with Gasteiger partial charge in [0.05, 0.1) is 0 Å².